The summed E-state index contributed by atoms with van der Waals surface area (Å²) in [7, 11) is 0. The van der Waals surface area contributed by atoms with E-state index in [4.69, 9.17) is 4.42 Å². The molecule has 7 heteroatoms. The second-order valence-corrected chi connectivity index (χ2v) is 9.28. The van der Waals surface area contributed by atoms with E-state index in [-0.39, 0.29) is 17.0 Å². The molecular formula is C26H17FN2O3S. The van der Waals surface area contributed by atoms with Crippen LogP contribution in [0.4, 0.5) is 9.52 Å². The lowest BCUT2D eigenvalue weighted by Gasteiger charge is -2.22. The number of hydrogen-bond donors (Lipinski definition) is 0. The number of carbonyl (C=O) groups excluding carboxylic acids is 1. The zero-order chi connectivity index (χ0) is 22.9. The lowest BCUT2D eigenvalue weighted by molar-refractivity contribution is 0.0971. The summed E-state index contributed by atoms with van der Waals surface area (Å²) in [6.45, 7) is 3.88. The Balaban J connectivity index is 1.64. The van der Waals surface area contributed by atoms with Gasteiger partial charge in [0.05, 0.1) is 27.2 Å². The van der Waals surface area contributed by atoms with Gasteiger partial charge in [0.15, 0.2) is 10.6 Å². The molecule has 5 aromatic rings. The Morgan fingerprint density at radius 1 is 0.970 bits per heavy atom. The molecule has 3 heterocycles. The van der Waals surface area contributed by atoms with Crippen LogP contribution in [0, 0.1) is 19.7 Å². The summed E-state index contributed by atoms with van der Waals surface area (Å²) >= 11 is 1.21. The van der Waals surface area contributed by atoms with Crippen LogP contribution < -0.4 is 10.3 Å². The molecule has 3 aromatic carbocycles. The molecule has 1 unspecified atom stereocenters. The number of amides is 1. The van der Waals surface area contributed by atoms with Crippen LogP contribution in [-0.2, 0) is 0 Å². The van der Waals surface area contributed by atoms with Gasteiger partial charge in [0.2, 0.25) is 5.76 Å². The van der Waals surface area contributed by atoms with Crippen molar-refractivity contribution >= 4 is 43.6 Å². The van der Waals surface area contributed by atoms with Crippen molar-refractivity contribution in [2.75, 3.05) is 4.90 Å². The Hall–Kier alpha value is -3.84. The monoisotopic (exact) mass is 456 g/mol. The van der Waals surface area contributed by atoms with Crippen LogP contribution in [-0.4, -0.2) is 10.9 Å². The van der Waals surface area contributed by atoms with E-state index in [0.717, 1.165) is 16.7 Å². The number of halogens is 1. The SMILES string of the molecule is Cc1ccc(C2c3c(oc4ccc(C)cc4c3=O)C(=O)N2c2nc3ccc(F)cc3s2)cc1. The predicted molar refractivity (Wildman–Crippen MR) is 127 cm³/mol. The summed E-state index contributed by atoms with van der Waals surface area (Å²) in [5.41, 5.74) is 3.78. The maximum atomic E-state index is 13.8. The topological polar surface area (TPSA) is 63.4 Å². The minimum absolute atomic E-state index is 0.0207. The Labute approximate surface area is 191 Å². The first-order valence-electron chi connectivity index (χ1n) is 10.4. The Kier molecular flexibility index (Phi) is 4.25. The predicted octanol–water partition coefficient (Wildman–Crippen LogP) is 5.91. The normalized spacial score (nSPS) is 15.5. The summed E-state index contributed by atoms with van der Waals surface area (Å²) < 4.78 is 20.4. The van der Waals surface area contributed by atoms with E-state index in [9.17, 15) is 14.0 Å². The van der Waals surface area contributed by atoms with Gasteiger partial charge in [-0.15, -0.1) is 0 Å². The van der Waals surface area contributed by atoms with Crippen LogP contribution in [0.25, 0.3) is 21.2 Å². The van der Waals surface area contributed by atoms with Crippen molar-refractivity contribution < 1.29 is 13.6 Å². The van der Waals surface area contributed by atoms with E-state index >= 15 is 0 Å². The lowest BCUT2D eigenvalue weighted by Crippen LogP contribution is -2.29. The maximum absolute atomic E-state index is 13.8. The van der Waals surface area contributed by atoms with Gasteiger partial charge in [-0.1, -0.05) is 52.8 Å². The number of nitrogens with zero attached hydrogens (tertiary/aromatic N) is 2. The molecule has 1 aliphatic rings. The Morgan fingerprint density at radius 3 is 2.52 bits per heavy atom. The van der Waals surface area contributed by atoms with Crippen molar-refractivity contribution in [1.29, 1.82) is 0 Å². The molecule has 0 spiro atoms. The average Bonchev–Trinajstić information content (AvgIpc) is 3.33. The molecule has 0 N–H and O–H groups in total. The van der Waals surface area contributed by atoms with Gasteiger partial charge in [-0.25, -0.2) is 9.37 Å². The number of thiazole rings is 1. The molecule has 2 aromatic heterocycles. The highest BCUT2D eigenvalue weighted by Gasteiger charge is 2.45. The quantitative estimate of drug-likeness (QED) is 0.331. The number of rotatable bonds is 2. The molecule has 1 amide bonds. The molecule has 0 saturated carbocycles. The number of aromatic nitrogens is 1. The van der Waals surface area contributed by atoms with Crippen LogP contribution in [0.15, 0.2) is 69.9 Å². The molecule has 0 aliphatic carbocycles. The first-order valence-corrected chi connectivity index (χ1v) is 11.3. The first kappa shape index (κ1) is 19.8. The Morgan fingerprint density at radius 2 is 1.73 bits per heavy atom. The molecule has 0 saturated heterocycles. The number of aryl methyl sites for hydroxylation is 2. The van der Waals surface area contributed by atoms with Gasteiger partial charge in [0.1, 0.15) is 11.4 Å². The second kappa shape index (κ2) is 7.08. The third kappa shape index (κ3) is 3.00. The third-order valence-corrected chi connectivity index (χ3v) is 6.98. The van der Waals surface area contributed by atoms with Crippen molar-refractivity contribution in [2.24, 2.45) is 0 Å². The van der Waals surface area contributed by atoms with Gasteiger partial charge in [-0.05, 0) is 49.7 Å². The van der Waals surface area contributed by atoms with Crippen molar-refractivity contribution in [1.82, 2.24) is 4.98 Å². The van der Waals surface area contributed by atoms with Gasteiger partial charge >= 0.3 is 0 Å². The lowest BCUT2D eigenvalue weighted by atomic mass is 9.97. The zero-order valence-electron chi connectivity index (χ0n) is 17.8. The van der Waals surface area contributed by atoms with Crippen molar-refractivity contribution in [2.45, 2.75) is 19.9 Å². The Bertz CT molecular complexity index is 1650. The average molecular weight is 456 g/mol. The van der Waals surface area contributed by atoms with E-state index in [0.29, 0.717) is 31.9 Å². The summed E-state index contributed by atoms with van der Waals surface area (Å²) in [6.07, 6.45) is 0. The largest absolute Gasteiger partial charge is 0.450 e. The molecule has 1 atom stereocenters. The fraction of sp³-hybridized carbons (Fsp3) is 0.115. The fourth-order valence-corrected chi connectivity index (χ4v) is 5.35. The van der Waals surface area contributed by atoms with E-state index in [1.54, 1.807) is 18.2 Å². The molecule has 5 nitrogen and oxygen atoms in total. The van der Waals surface area contributed by atoms with Gasteiger partial charge < -0.3 is 4.42 Å². The standard InChI is InChI=1S/C26H17FN2O3S/c1-13-3-6-15(7-4-13)22-21-23(30)17-11-14(2)5-10-19(17)32-24(21)25(31)29(22)26-28-18-9-8-16(27)12-20(18)33-26/h3-12,22H,1-2H3. The van der Waals surface area contributed by atoms with E-state index < -0.39 is 11.9 Å². The molecule has 1 aliphatic heterocycles. The highest BCUT2D eigenvalue weighted by molar-refractivity contribution is 7.22. The number of fused-ring (bicyclic) bond motifs is 3. The van der Waals surface area contributed by atoms with Crippen LogP contribution in [0.5, 0.6) is 0 Å². The molecule has 0 bridgehead atoms. The molecule has 0 radical (unpaired) electrons. The summed E-state index contributed by atoms with van der Waals surface area (Å²) in [6, 6.07) is 16.6. The molecule has 162 valence electrons. The fourth-order valence-electron chi connectivity index (χ4n) is 4.34. The highest BCUT2D eigenvalue weighted by atomic mass is 32.1. The minimum Gasteiger partial charge on any atom is -0.450 e. The molecule has 6 rings (SSSR count). The van der Waals surface area contributed by atoms with Crippen molar-refractivity contribution in [3.05, 3.63) is 105 Å². The number of benzene rings is 3. The molecule has 0 fully saturated rings. The summed E-state index contributed by atoms with van der Waals surface area (Å²) in [4.78, 5) is 33.4. The number of hydrogen-bond acceptors (Lipinski definition) is 5. The summed E-state index contributed by atoms with van der Waals surface area (Å²) in [5.74, 6) is -0.788. The van der Waals surface area contributed by atoms with Gasteiger partial charge in [0, 0.05) is 0 Å². The third-order valence-electron chi connectivity index (χ3n) is 5.96. The van der Waals surface area contributed by atoms with E-state index in [1.807, 2.05) is 44.2 Å². The molecular weight excluding hydrogens is 439 g/mol. The van der Waals surface area contributed by atoms with Crippen LogP contribution in [0.3, 0.4) is 0 Å². The maximum Gasteiger partial charge on any atom is 0.297 e. The van der Waals surface area contributed by atoms with Crippen LogP contribution >= 0.6 is 11.3 Å². The van der Waals surface area contributed by atoms with Gasteiger partial charge in [0.25, 0.3) is 5.91 Å². The van der Waals surface area contributed by atoms with Crippen LogP contribution in [0.1, 0.15) is 38.9 Å². The highest BCUT2D eigenvalue weighted by Crippen LogP contribution is 2.43. The smallest absolute Gasteiger partial charge is 0.297 e. The minimum atomic E-state index is -0.695. The van der Waals surface area contributed by atoms with Crippen LogP contribution in [0.2, 0.25) is 0 Å². The number of carbonyl (C=O) groups is 1. The van der Waals surface area contributed by atoms with Crippen molar-refractivity contribution in [3.8, 4) is 0 Å². The molecule has 33 heavy (non-hydrogen) atoms. The van der Waals surface area contributed by atoms with E-state index in [2.05, 4.69) is 4.98 Å². The van der Waals surface area contributed by atoms with Gasteiger partial charge in [-0.2, -0.15) is 0 Å². The zero-order valence-corrected chi connectivity index (χ0v) is 18.6. The van der Waals surface area contributed by atoms with Crippen molar-refractivity contribution in [3.63, 3.8) is 0 Å². The summed E-state index contributed by atoms with van der Waals surface area (Å²) in [5, 5.41) is 0.823. The van der Waals surface area contributed by atoms with E-state index in [1.165, 1.54) is 28.4 Å². The van der Waals surface area contributed by atoms with Gasteiger partial charge in [-0.3, -0.25) is 14.5 Å². The first-order chi connectivity index (χ1) is 15.9. The number of anilines is 1. The second-order valence-electron chi connectivity index (χ2n) is 8.27.